The number of nitrogens with one attached hydrogen (secondary N) is 2. The predicted molar refractivity (Wildman–Crippen MR) is 78.1 cm³/mol. The number of fused-ring (bicyclic) bond motifs is 1. The van der Waals surface area contributed by atoms with E-state index in [1.54, 1.807) is 4.52 Å². The van der Waals surface area contributed by atoms with Gasteiger partial charge in [0.15, 0.2) is 0 Å². The quantitative estimate of drug-likeness (QED) is 0.788. The average Bonchev–Trinajstić information content (AvgIpc) is 3.16. The van der Waals surface area contributed by atoms with Crippen LogP contribution in [0.15, 0.2) is 6.33 Å². The largest absolute Gasteiger partial charge is 0.352 e. The van der Waals surface area contributed by atoms with E-state index in [0.717, 1.165) is 29.8 Å². The second-order valence-corrected chi connectivity index (χ2v) is 5.53. The van der Waals surface area contributed by atoms with E-state index < -0.39 is 0 Å². The lowest BCUT2D eigenvalue weighted by Gasteiger charge is -2.10. The van der Waals surface area contributed by atoms with E-state index in [4.69, 9.17) is 0 Å². The van der Waals surface area contributed by atoms with Crippen molar-refractivity contribution in [3.8, 4) is 0 Å². The first-order valence-corrected chi connectivity index (χ1v) is 7.26. The highest BCUT2D eigenvalue weighted by Crippen LogP contribution is 2.18. The summed E-state index contributed by atoms with van der Waals surface area (Å²) in [5.74, 6) is 0.163. The van der Waals surface area contributed by atoms with Gasteiger partial charge in [-0.25, -0.2) is 9.50 Å². The molecular formula is C14H18N6O2. The standard InChI is InChI=1S/C14H18N6O2/c1-8-11(9(2)20-14(18-8)16-7-17-20)5-12(21)15-6-13(22)19-10-3-4-10/h7,10H,3-6H2,1-2H3,(H,15,21)(H,19,22). The van der Waals surface area contributed by atoms with E-state index in [2.05, 4.69) is 25.7 Å². The van der Waals surface area contributed by atoms with Crippen molar-refractivity contribution in [1.82, 2.24) is 30.2 Å². The molecule has 1 aliphatic rings. The van der Waals surface area contributed by atoms with Crippen LogP contribution in [0.5, 0.6) is 0 Å². The number of rotatable bonds is 5. The van der Waals surface area contributed by atoms with Gasteiger partial charge in [0.2, 0.25) is 11.8 Å². The Kier molecular flexibility index (Phi) is 3.74. The summed E-state index contributed by atoms with van der Waals surface area (Å²) < 4.78 is 1.61. The Morgan fingerprint density at radius 3 is 2.82 bits per heavy atom. The summed E-state index contributed by atoms with van der Waals surface area (Å²) in [7, 11) is 0. The third-order valence-corrected chi connectivity index (χ3v) is 3.71. The van der Waals surface area contributed by atoms with E-state index in [1.165, 1.54) is 6.33 Å². The number of aryl methyl sites for hydroxylation is 2. The lowest BCUT2D eigenvalue weighted by molar-refractivity contribution is -0.125. The fourth-order valence-corrected chi connectivity index (χ4v) is 2.32. The van der Waals surface area contributed by atoms with Gasteiger partial charge in [-0.15, -0.1) is 0 Å². The first-order valence-electron chi connectivity index (χ1n) is 7.26. The van der Waals surface area contributed by atoms with Crippen LogP contribution in [0.3, 0.4) is 0 Å². The molecule has 2 N–H and O–H groups in total. The Labute approximate surface area is 127 Å². The molecule has 116 valence electrons. The van der Waals surface area contributed by atoms with Gasteiger partial charge in [0.05, 0.1) is 13.0 Å². The molecule has 8 nitrogen and oxygen atoms in total. The lowest BCUT2D eigenvalue weighted by Crippen LogP contribution is -2.38. The molecule has 2 aromatic heterocycles. The molecule has 0 bridgehead atoms. The molecular weight excluding hydrogens is 284 g/mol. The predicted octanol–water partition coefficient (Wildman–Crippen LogP) is -0.322. The highest BCUT2D eigenvalue weighted by molar-refractivity contribution is 5.86. The second-order valence-electron chi connectivity index (χ2n) is 5.53. The van der Waals surface area contributed by atoms with Gasteiger partial charge in [-0.1, -0.05) is 0 Å². The molecule has 0 atom stereocenters. The maximum absolute atomic E-state index is 12.0. The minimum atomic E-state index is -0.210. The maximum Gasteiger partial charge on any atom is 0.252 e. The Morgan fingerprint density at radius 1 is 1.32 bits per heavy atom. The smallest absolute Gasteiger partial charge is 0.252 e. The normalized spacial score (nSPS) is 14.1. The van der Waals surface area contributed by atoms with Gasteiger partial charge in [0.1, 0.15) is 6.33 Å². The molecule has 3 rings (SSSR count). The first kappa shape index (κ1) is 14.4. The second kappa shape index (κ2) is 5.70. The van der Waals surface area contributed by atoms with Crippen LogP contribution in [0.1, 0.15) is 29.8 Å². The molecule has 2 heterocycles. The molecule has 1 aliphatic carbocycles. The summed E-state index contributed by atoms with van der Waals surface area (Å²) in [5.41, 5.74) is 2.38. The Bertz CT molecular complexity index is 734. The van der Waals surface area contributed by atoms with Crippen LogP contribution in [0.2, 0.25) is 0 Å². The Morgan fingerprint density at radius 2 is 2.09 bits per heavy atom. The molecule has 0 saturated heterocycles. The maximum atomic E-state index is 12.0. The van der Waals surface area contributed by atoms with Crippen LogP contribution in [0, 0.1) is 13.8 Å². The zero-order valence-electron chi connectivity index (χ0n) is 12.6. The molecule has 2 aromatic rings. The van der Waals surface area contributed by atoms with Gasteiger partial charge in [0, 0.05) is 23.0 Å². The summed E-state index contributed by atoms with van der Waals surface area (Å²) in [6.07, 6.45) is 3.65. The first-order chi connectivity index (χ1) is 10.5. The molecule has 1 fully saturated rings. The molecule has 0 radical (unpaired) electrons. The monoisotopic (exact) mass is 302 g/mol. The van der Waals surface area contributed by atoms with Crippen LogP contribution in [0.4, 0.5) is 0 Å². The number of carbonyl (C=O) groups excluding carboxylic acids is 2. The van der Waals surface area contributed by atoms with Gasteiger partial charge >= 0.3 is 0 Å². The van der Waals surface area contributed by atoms with E-state index >= 15 is 0 Å². The lowest BCUT2D eigenvalue weighted by atomic mass is 10.1. The summed E-state index contributed by atoms with van der Waals surface area (Å²) >= 11 is 0. The topological polar surface area (TPSA) is 101 Å². The zero-order chi connectivity index (χ0) is 15.7. The van der Waals surface area contributed by atoms with Crippen LogP contribution < -0.4 is 10.6 Å². The van der Waals surface area contributed by atoms with E-state index in [9.17, 15) is 9.59 Å². The molecule has 22 heavy (non-hydrogen) atoms. The highest BCUT2D eigenvalue weighted by Gasteiger charge is 2.23. The minimum absolute atomic E-state index is 0.00638. The fourth-order valence-electron chi connectivity index (χ4n) is 2.32. The number of hydrogen-bond acceptors (Lipinski definition) is 5. The van der Waals surface area contributed by atoms with Gasteiger partial charge < -0.3 is 10.6 Å². The molecule has 0 unspecified atom stereocenters. The number of nitrogens with zero attached hydrogens (tertiary/aromatic N) is 4. The third-order valence-electron chi connectivity index (χ3n) is 3.71. The average molecular weight is 302 g/mol. The van der Waals surface area contributed by atoms with E-state index in [1.807, 2.05) is 13.8 Å². The minimum Gasteiger partial charge on any atom is -0.352 e. The highest BCUT2D eigenvalue weighted by atomic mass is 16.2. The van der Waals surface area contributed by atoms with Crippen molar-refractivity contribution in [2.45, 2.75) is 39.2 Å². The van der Waals surface area contributed by atoms with E-state index in [0.29, 0.717) is 11.8 Å². The number of amides is 2. The van der Waals surface area contributed by atoms with Crippen molar-refractivity contribution < 1.29 is 9.59 Å². The number of carbonyl (C=O) groups is 2. The van der Waals surface area contributed by atoms with Crippen molar-refractivity contribution in [1.29, 1.82) is 0 Å². The van der Waals surface area contributed by atoms with Crippen molar-refractivity contribution >= 4 is 17.6 Å². The van der Waals surface area contributed by atoms with Crippen LogP contribution in [-0.4, -0.2) is 44.0 Å². The third kappa shape index (κ3) is 3.05. The van der Waals surface area contributed by atoms with Crippen molar-refractivity contribution in [2.24, 2.45) is 0 Å². The molecule has 8 heteroatoms. The van der Waals surface area contributed by atoms with Gasteiger partial charge in [-0.05, 0) is 26.7 Å². The van der Waals surface area contributed by atoms with Crippen molar-refractivity contribution in [3.05, 3.63) is 23.3 Å². The summed E-state index contributed by atoms with van der Waals surface area (Å²) in [5, 5.41) is 9.55. The van der Waals surface area contributed by atoms with Crippen LogP contribution in [-0.2, 0) is 16.0 Å². The number of hydrogen-bond donors (Lipinski definition) is 2. The fraction of sp³-hybridized carbons (Fsp3) is 0.500. The van der Waals surface area contributed by atoms with Crippen molar-refractivity contribution in [3.63, 3.8) is 0 Å². The SMILES string of the molecule is Cc1nc2ncnn2c(C)c1CC(=O)NCC(=O)NC1CC1. The number of aromatic nitrogens is 4. The summed E-state index contributed by atoms with van der Waals surface area (Å²) in [6.45, 7) is 3.72. The Balaban J connectivity index is 1.64. The zero-order valence-corrected chi connectivity index (χ0v) is 12.6. The summed E-state index contributed by atoms with van der Waals surface area (Å²) in [6, 6.07) is 0.299. The van der Waals surface area contributed by atoms with Crippen LogP contribution >= 0.6 is 0 Å². The van der Waals surface area contributed by atoms with Gasteiger partial charge in [0.25, 0.3) is 5.78 Å². The molecule has 0 aliphatic heterocycles. The van der Waals surface area contributed by atoms with Gasteiger partial charge in [-0.2, -0.15) is 10.1 Å². The molecule has 0 spiro atoms. The molecule has 2 amide bonds. The van der Waals surface area contributed by atoms with E-state index in [-0.39, 0.29) is 24.8 Å². The molecule has 0 aromatic carbocycles. The molecule has 1 saturated carbocycles. The van der Waals surface area contributed by atoms with Crippen LogP contribution in [0.25, 0.3) is 5.78 Å². The van der Waals surface area contributed by atoms with Gasteiger partial charge in [-0.3, -0.25) is 9.59 Å². The summed E-state index contributed by atoms with van der Waals surface area (Å²) in [4.78, 5) is 32.0. The van der Waals surface area contributed by atoms with Crippen molar-refractivity contribution in [2.75, 3.05) is 6.54 Å². The Hall–Kier alpha value is -2.51.